The molecule has 0 N–H and O–H groups in total. The minimum Gasteiger partial charge on any atom is -0.373 e. The number of fused-ring (bicyclic) bond motifs is 1. The number of para-hydroxylation sites is 1. The maximum atomic E-state index is 5.72. The summed E-state index contributed by atoms with van der Waals surface area (Å²) in [5.41, 5.74) is 3.95. The predicted octanol–water partition coefficient (Wildman–Crippen LogP) is 3.89. The third-order valence-corrected chi connectivity index (χ3v) is 3.09. The SMILES string of the molecule is CCn1c(COC(C)C)cc2cccc(C)c21. The smallest absolute Gasteiger partial charge is 0.0871 e. The molecule has 1 heterocycles. The van der Waals surface area contributed by atoms with E-state index in [4.69, 9.17) is 4.74 Å². The summed E-state index contributed by atoms with van der Waals surface area (Å²) in [6.07, 6.45) is 0.277. The molecule has 17 heavy (non-hydrogen) atoms. The van der Waals surface area contributed by atoms with Gasteiger partial charge in [0.05, 0.1) is 18.2 Å². The second-order valence-corrected chi connectivity index (χ2v) is 4.75. The molecular weight excluding hydrogens is 210 g/mol. The van der Waals surface area contributed by atoms with Crippen LogP contribution in [0.15, 0.2) is 24.3 Å². The summed E-state index contributed by atoms with van der Waals surface area (Å²) in [5.74, 6) is 0. The first-order valence-electron chi connectivity index (χ1n) is 6.32. The summed E-state index contributed by atoms with van der Waals surface area (Å²) < 4.78 is 8.07. The molecule has 0 saturated carbocycles. The molecule has 0 radical (unpaired) electrons. The summed E-state index contributed by atoms with van der Waals surface area (Å²) in [5, 5.41) is 1.31. The van der Waals surface area contributed by atoms with Crippen molar-refractivity contribution in [2.45, 2.75) is 47.0 Å². The van der Waals surface area contributed by atoms with E-state index in [1.165, 1.54) is 22.2 Å². The lowest BCUT2D eigenvalue weighted by molar-refractivity contribution is 0.0620. The molecule has 2 nitrogen and oxygen atoms in total. The summed E-state index contributed by atoms with van der Waals surface area (Å²) in [6.45, 7) is 10.2. The lowest BCUT2D eigenvalue weighted by atomic mass is 10.2. The molecule has 2 aromatic rings. The third kappa shape index (κ3) is 2.37. The molecule has 92 valence electrons. The highest BCUT2D eigenvalue weighted by atomic mass is 16.5. The lowest BCUT2D eigenvalue weighted by Gasteiger charge is -2.11. The second-order valence-electron chi connectivity index (χ2n) is 4.75. The third-order valence-electron chi connectivity index (χ3n) is 3.09. The van der Waals surface area contributed by atoms with Gasteiger partial charge < -0.3 is 9.30 Å². The minimum atomic E-state index is 0.277. The first-order valence-corrected chi connectivity index (χ1v) is 6.32. The van der Waals surface area contributed by atoms with Crippen molar-refractivity contribution in [3.05, 3.63) is 35.5 Å². The Morgan fingerprint density at radius 3 is 2.71 bits per heavy atom. The van der Waals surface area contributed by atoms with Gasteiger partial charge in [0, 0.05) is 17.6 Å². The summed E-state index contributed by atoms with van der Waals surface area (Å²) in [4.78, 5) is 0. The van der Waals surface area contributed by atoms with Crippen molar-refractivity contribution in [2.75, 3.05) is 0 Å². The fourth-order valence-corrected chi connectivity index (χ4v) is 2.30. The number of hydrogen-bond acceptors (Lipinski definition) is 1. The molecule has 0 unspecified atom stereocenters. The molecule has 0 atom stereocenters. The highest BCUT2D eigenvalue weighted by Crippen LogP contribution is 2.23. The van der Waals surface area contributed by atoms with Gasteiger partial charge in [0.1, 0.15) is 0 Å². The van der Waals surface area contributed by atoms with Crippen LogP contribution in [0.3, 0.4) is 0 Å². The molecule has 0 spiro atoms. The van der Waals surface area contributed by atoms with E-state index in [9.17, 15) is 0 Å². The maximum Gasteiger partial charge on any atom is 0.0871 e. The van der Waals surface area contributed by atoms with Crippen molar-refractivity contribution in [3.8, 4) is 0 Å². The predicted molar refractivity (Wildman–Crippen MR) is 72.3 cm³/mol. The van der Waals surface area contributed by atoms with Gasteiger partial charge >= 0.3 is 0 Å². The number of ether oxygens (including phenoxy) is 1. The number of aromatic nitrogens is 1. The fraction of sp³-hybridized carbons (Fsp3) is 0.467. The first-order chi connectivity index (χ1) is 8.13. The van der Waals surface area contributed by atoms with Gasteiger partial charge in [-0.25, -0.2) is 0 Å². The Morgan fingerprint density at radius 2 is 2.06 bits per heavy atom. The summed E-state index contributed by atoms with van der Waals surface area (Å²) in [6, 6.07) is 8.70. The van der Waals surface area contributed by atoms with Crippen LogP contribution in [0.5, 0.6) is 0 Å². The summed E-state index contributed by atoms with van der Waals surface area (Å²) in [7, 11) is 0. The Labute approximate surface area is 103 Å². The molecule has 2 heteroatoms. The zero-order valence-corrected chi connectivity index (χ0v) is 11.2. The van der Waals surface area contributed by atoms with Crippen LogP contribution in [-0.4, -0.2) is 10.7 Å². The first kappa shape index (κ1) is 12.2. The monoisotopic (exact) mass is 231 g/mol. The number of aryl methyl sites for hydroxylation is 2. The van der Waals surface area contributed by atoms with Crippen LogP contribution in [-0.2, 0) is 17.9 Å². The van der Waals surface area contributed by atoms with E-state index >= 15 is 0 Å². The van der Waals surface area contributed by atoms with Crippen molar-refractivity contribution in [3.63, 3.8) is 0 Å². The van der Waals surface area contributed by atoms with E-state index in [2.05, 4.69) is 56.5 Å². The Balaban J connectivity index is 2.45. The van der Waals surface area contributed by atoms with E-state index < -0.39 is 0 Å². The van der Waals surface area contributed by atoms with Crippen LogP contribution >= 0.6 is 0 Å². The highest BCUT2D eigenvalue weighted by molar-refractivity contribution is 5.84. The Hall–Kier alpha value is -1.28. The normalized spacial score (nSPS) is 11.6. The average molecular weight is 231 g/mol. The van der Waals surface area contributed by atoms with Crippen molar-refractivity contribution >= 4 is 10.9 Å². The molecule has 0 fully saturated rings. The number of rotatable bonds is 4. The molecule has 0 aliphatic carbocycles. The average Bonchev–Trinajstić information content (AvgIpc) is 2.65. The number of hydrogen-bond donors (Lipinski definition) is 0. The van der Waals surface area contributed by atoms with Crippen molar-refractivity contribution in [2.24, 2.45) is 0 Å². The second kappa shape index (κ2) is 4.92. The van der Waals surface area contributed by atoms with Crippen LogP contribution in [0.25, 0.3) is 10.9 Å². The van der Waals surface area contributed by atoms with Gasteiger partial charge in [-0.3, -0.25) is 0 Å². The molecular formula is C15H21NO. The van der Waals surface area contributed by atoms with Crippen LogP contribution in [0.1, 0.15) is 32.0 Å². The highest BCUT2D eigenvalue weighted by Gasteiger charge is 2.09. The van der Waals surface area contributed by atoms with Crippen molar-refractivity contribution < 1.29 is 4.74 Å². The fourth-order valence-electron chi connectivity index (χ4n) is 2.30. The van der Waals surface area contributed by atoms with Crippen LogP contribution in [0.4, 0.5) is 0 Å². The van der Waals surface area contributed by atoms with Gasteiger partial charge in [-0.2, -0.15) is 0 Å². The number of benzene rings is 1. The van der Waals surface area contributed by atoms with Crippen molar-refractivity contribution in [1.29, 1.82) is 0 Å². The van der Waals surface area contributed by atoms with Gasteiger partial charge in [0.25, 0.3) is 0 Å². The molecule has 0 amide bonds. The van der Waals surface area contributed by atoms with Gasteiger partial charge in [-0.15, -0.1) is 0 Å². The van der Waals surface area contributed by atoms with Crippen LogP contribution in [0.2, 0.25) is 0 Å². The van der Waals surface area contributed by atoms with Crippen LogP contribution < -0.4 is 0 Å². The Bertz CT molecular complexity index is 511. The maximum absolute atomic E-state index is 5.72. The number of nitrogens with zero attached hydrogens (tertiary/aromatic N) is 1. The zero-order valence-electron chi connectivity index (χ0n) is 11.2. The van der Waals surface area contributed by atoms with E-state index in [-0.39, 0.29) is 6.10 Å². The molecule has 0 aliphatic rings. The van der Waals surface area contributed by atoms with E-state index in [1.54, 1.807) is 0 Å². The molecule has 0 bridgehead atoms. The quantitative estimate of drug-likeness (QED) is 0.778. The lowest BCUT2D eigenvalue weighted by Crippen LogP contribution is -2.07. The minimum absolute atomic E-state index is 0.277. The Kier molecular flexibility index (Phi) is 3.53. The van der Waals surface area contributed by atoms with Crippen molar-refractivity contribution in [1.82, 2.24) is 4.57 Å². The standard InChI is InChI=1S/C15H21NO/c1-5-16-14(10-17-11(2)3)9-13-8-6-7-12(4)15(13)16/h6-9,11H,5,10H2,1-4H3. The Morgan fingerprint density at radius 1 is 1.29 bits per heavy atom. The van der Waals surface area contributed by atoms with E-state index in [0.29, 0.717) is 6.61 Å². The molecule has 0 aliphatic heterocycles. The molecule has 1 aromatic heterocycles. The van der Waals surface area contributed by atoms with Gasteiger partial charge in [0.2, 0.25) is 0 Å². The molecule has 1 aromatic carbocycles. The van der Waals surface area contributed by atoms with E-state index in [0.717, 1.165) is 6.54 Å². The van der Waals surface area contributed by atoms with Gasteiger partial charge in [-0.05, 0) is 39.3 Å². The van der Waals surface area contributed by atoms with Crippen LogP contribution in [0, 0.1) is 6.92 Å². The van der Waals surface area contributed by atoms with Gasteiger partial charge in [-0.1, -0.05) is 18.2 Å². The molecule has 0 saturated heterocycles. The zero-order chi connectivity index (χ0) is 12.4. The summed E-state index contributed by atoms with van der Waals surface area (Å²) >= 11 is 0. The largest absolute Gasteiger partial charge is 0.373 e. The van der Waals surface area contributed by atoms with Gasteiger partial charge in [0.15, 0.2) is 0 Å². The topological polar surface area (TPSA) is 14.2 Å². The molecule has 2 rings (SSSR count). The van der Waals surface area contributed by atoms with E-state index in [1.807, 2.05) is 0 Å².